The average Bonchev–Trinajstić information content (AvgIpc) is 3.07. The van der Waals surface area contributed by atoms with Gasteiger partial charge in [-0.3, -0.25) is 0 Å². The Morgan fingerprint density at radius 1 is 1.47 bits per heavy atom. The lowest BCUT2D eigenvalue weighted by Crippen LogP contribution is -2.28. The van der Waals surface area contributed by atoms with Crippen LogP contribution in [0.2, 0.25) is 5.28 Å². The Kier molecular flexibility index (Phi) is 2.63. The van der Waals surface area contributed by atoms with Crippen LogP contribution in [0.15, 0.2) is 17.4 Å². The first-order chi connectivity index (χ1) is 8.24. The Morgan fingerprint density at radius 2 is 2.29 bits per heavy atom. The van der Waals surface area contributed by atoms with Gasteiger partial charge in [-0.1, -0.05) is 0 Å². The van der Waals surface area contributed by atoms with Crippen LogP contribution in [0.1, 0.15) is 19.3 Å². The number of halogens is 1. The number of nitrogens with zero attached hydrogens (tertiary/aromatic N) is 4. The van der Waals surface area contributed by atoms with Crippen molar-refractivity contribution in [2.75, 3.05) is 11.9 Å². The van der Waals surface area contributed by atoms with Crippen LogP contribution in [0, 0.1) is 5.92 Å². The van der Waals surface area contributed by atoms with E-state index in [1.807, 2.05) is 18.0 Å². The van der Waals surface area contributed by atoms with Crippen molar-refractivity contribution in [1.82, 2.24) is 15.4 Å². The molecule has 6 heteroatoms. The molecule has 0 spiro atoms. The molecular formula is C11H14ClN5. The molecule has 0 aromatic carbocycles. The number of hydrazone groups is 1. The predicted molar refractivity (Wildman–Crippen MR) is 67.1 cm³/mol. The maximum Gasteiger partial charge on any atom is 0.224 e. The Hall–Kier alpha value is -1.36. The molecule has 3 rings (SSSR count). The van der Waals surface area contributed by atoms with Gasteiger partial charge in [0.25, 0.3) is 0 Å². The van der Waals surface area contributed by atoms with E-state index in [-0.39, 0.29) is 5.28 Å². The molecule has 1 unspecified atom stereocenters. The predicted octanol–water partition coefficient (Wildman–Crippen LogP) is 1.65. The quantitative estimate of drug-likeness (QED) is 0.813. The summed E-state index contributed by atoms with van der Waals surface area (Å²) in [7, 11) is 1.95. The van der Waals surface area contributed by atoms with E-state index in [0.717, 1.165) is 24.0 Å². The molecule has 1 fully saturated rings. The third-order valence-corrected chi connectivity index (χ3v) is 3.48. The summed E-state index contributed by atoms with van der Waals surface area (Å²) in [5.41, 5.74) is 3.20. The molecule has 1 atom stereocenters. The van der Waals surface area contributed by atoms with Crippen molar-refractivity contribution in [3.63, 3.8) is 0 Å². The number of amidine groups is 1. The van der Waals surface area contributed by atoms with E-state index < -0.39 is 0 Å². The maximum atomic E-state index is 5.78. The smallest absolute Gasteiger partial charge is 0.224 e. The molecular weight excluding hydrogens is 238 g/mol. The van der Waals surface area contributed by atoms with Crippen molar-refractivity contribution in [2.24, 2.45) is 11.0 Å². The lowest BCUT2D eigenvalue weighted by atomic mass is 10.1. The molecule has 2 aliphatic rings. The van der Waals surface area contributed by atoms with Gasteiger partial charge in [-0.25, -0.2) is 9.97 Å². The van der Waals surface area contributed by atoms with E-state index >= 15 is 0 Å². The fourth-order valence-corrected chi connectivity index (χ4v) is 2.22. The highest BCUT2D eigenvalue weighted by molar-refractivity contribution is 6.28. The van der Waals surface area contributed by atoms with E-state index in [1.165, 1.54) is 12.8 Å². The summed E-state index contributed by atoms with van der Waals surface area (Å²) in [6.07, 6.45) is 5.26. The summed E-state index contributed by atoms with van der Waals surface area (Å²) in [6, 6.07) is 2.34. The van der Waals surface area contributed by atoms with Gasteiger partial charge in [0, 0.05) is 19.7 Å². The van der Waals surface area contributed by atoms with E-state index in [4.69, 9.17) is 11.6 Å². The van der Waals surface area contributed by atoms with Crippen LogP contribution < -0.4 is 10.3 Å². The number of hydrogen-bond acceptors (Lipinski definition) is 5. The third-order valence-electron chi connectivity index (χ3n) is 3.30. The van der Waals surface area contributed by atoms with Crippen molar-refractivity contribution < 1.29 is 0 Å². The fourth-order valence-electron chi connectivity index (χ4n) is 2.07. The number of rotatable bonds is 2. The first-order valence-corrected chi connectivity index (χ1v) is 6.16. The van der Waals surface area contributed by atoms with Gasteiger partial charge < -0.3 is 10.3 Å². The lowest BCUT2D eigenvalue weighted by molar-refractivity contribution is 0.523. The van der Waals surface area contributed by atoms with Gasteiger partial charge in [0.15, 0.2) is 0 Å². The standard InChI is InChI=1S/C11H14ClN5/c1-17(9-4-5-13-11(12)14-9)10-6-8(15-16-10)7-2-3-7/h4-5,7-8,15H,2-3,6H2,1H3. The molecule has 2 heterocycles. The summed E-state index contributed by atoms with van der Waals surface area (Å²) < 4.78 is 0. The molecule has 1 saturated carbocycles. The summed E-state index contributed by atoms with van der Waals surface area (Å²) in [5, 5.41) is 4.64. The van der Waals surface area contributed by atoms with Gasteiger partial charge in [-0.15, -0.1) is 0 Å². The van der Waals surface area contributed by atoms with E-state index in [9.17, 15) is 0 Å². The Bertz CT molecular complexity index is 457. The van der Waals surface area contributed by atoms with Gasteiger partial charge in [0.1, 0.15) is 11.7 Å². The zero-order valence-electron chi connectivity index (χ0n) is 9.60. The molecule has 1 aromatic rings. The number of anilines is 1. The zero-order valence-corrected chi connectivity index (χ0v) is 10.4. The maximum absolute atomic E-state index is 5.78. The summed E-state index contributed by atoms with van der Waals surface area (Å²) in [4.78, 5) is 10.0. The Balaban J connectivity index is 1.72. The minimum atomic E-state index is 0.264. The average molecular weight is 252 g/mol. The largest absolute Gasteiger partial charge is 0.316 e. The molecule has 5 nitrogen and oxygen atoms in total. The van der Waals surface area contributed by atoms with Crippen LogP contribution in [0.3, 0.4) is 0 Å². The highest BCUT2D eigenvalue weighted by atomic mass is 35.5. The van der Waals surface area contributed by atoms with Crippen molar-refractivity contribution >= 4 is 23.3 Å². The Morgan fingerprint density at radius 3 is 3.00 bits per heavy atom. The molecule has 1 aliphatic carbocycles. The molecule has 90 valence electrons. The molecule has 1 aromatic heterocycles. The monoisotopic (exact) mass is 251 g/mol. The van der Waals surface area contributed by atoms with Gasteiger partial charge in [0.05, 0.1) is 6.04 Å². The Labute approximate surface area is 105 Å². The molecule has 0 radical (unpaired) electrons. The molecule has 0 amide bonds. The summed E-state index contributed by atoms with van der Waals surface area (Å²) >= 11 is 5.78. The third kappa shape index (κ3) is 2.20. The minimum absolute atomic E-state index is 0.264. The molecule has 1 N–H and O–H groups in total. The van der Waals surface area contributed by atoms with Crippen LogP contribution in [-0.4, -0.2) is 28.9 Å². The van der Waals surface area contributed by atoms with Crippen LogP contribution >= 0.6 is 11.6 Å². The minimum Gasteiger partial charge on any atom is -0.316 e. The second-order valence-corrected chi connectivity index (χ2v) is 4.89. The normalized spacial score (nSPS) is 23.2. The number of nitrogens with one attached hydrogen (secondary N) is 1. The molecule has 0 saturated heterocycles. The number of aromatic nitrogens is 2. The second-order valence-electron chi connectivity index (χ2n) is 4.55. The van der Waals surface area contributed by atoms with E-state index in [0.29, 0.717) is 6.04 Å². The molecule has 17 heavy (non-hydrogen) atoms. The van der Waals surface area contributed by atoms with Gasteiger partial charge in [-0.05, 0) is 36.4 Å². The van der Waals surface area contributed by atoms with Crippen LogP contribution in [-0.2, 0) is 0 Å². The van der Waals surface area contributed by atoms with Gasteiger partial charge >= 0.3 is 0 Å². The zero-order chi connectivity index (χ0) is 11.8. The number of hydrogen-bond donors (Lipinski definition) is 1. The fraction of sp³-hybridized carbons (Fsp3) is 0.545. The van der Waals surface area contributed by atoms with Crippen molar-refractivity contribution in [3.05, 3.63) is 17.5 Å². The van der Waals surface area contributed by atoms with E-state index in [2.05, 4.69) is 20.5 Å². The van der Waals surface area contributed by atoms with Crippen LogP contribution in [0.4, 0.5) is 5.82 Å². The SMILES string of the molecule is CN(C1=NNC(C2CC2)C1)c1ccnc(Cl)n1. The van der Waals surface area contributed by atoms with Crippen molar-refractivity contribution in [1.29, 1.82) is 0 Å². The first kappa shape index (κ1) is 10.8. The molecule has 1 aliphatic heterocycles. The van der Waals surface area contributed by atoms with Crippen LogP contribution in [0.25, 0.3) is 0 Å². The van der Waals surface area contributed by atoms with Crippen molar-refractivity contribution in [2.45, 2.75) is 25.3 Å². The topological polar surface area (TPSA) is 53.4 Å². The van der Waals surface area contributed by atoms with Gasteiger partial charge in [0.2, 0.25) is 5.28 Å². The van der Waals surface area contributed by atoms with Crippen LogP contribution in [0.5, 0.6) is 0 Å². The summed E-state index contributed by atoms with van der Waals surface area (Å²) in [5.74, 6) is 2.59. The second kappa shape index (κ2) is 4.14. The first-order valence-electron chi connectivity index (χ1n) is 5.78. The highest BCUT2D eigenvalue weighted by Gasteiger charge is 2.35. The van der Waals surface area contributed by atoms with E-state index in [1.54, 1.807) is 6.20 Å². The van der Waals surface area contributed by atoms with Gasteiger partial charge in [-0.2, -0.15) is 5.10 Å². The van der Waals surface area contributed by atoms with Crippen molar-refractivity contribution in [3.8, 4) is 0 Å². The summed E-state index contributed by atoms with van der Waals surface area (Å²) in [6.45, 7) is 0. The molecule has 0 bridgehead atoms. The lowest BCUT2D eigenvalue weighted by Gasteiger charge is -2.17. The highest BCUT2D eigenvalue weighted by Crippen LogP contribution is 2.35.